The third-order valence-corrected chi connectivity index (χ3v) is 7.52. The second-order valence-electron chi connectivity index (χ2n) is 8.39. The molecule has 4 rings (SSSR count). The van der Waals surface area contributed by atoms with Gasteiger partial charge in [0.2, 0.25) is 15.9 Å². The predicted molar refractivity (Wildman–Crippen MR) is 129 cm³/mol. The lowest BCUT2D eigenvalue weighted by molar-refractivity contribution is -0.152. The van der Waals surface area contributed by atoms with Crippen molar-refractivity contribution < 1.29 is 23.1 Å². The van der Waals surface area contributed by atoms with Gasteiger partial charge in [0.1, 0.15) is 17.0 Å². The Kier molecular flexibility index (Phi) is 7.61. The quantitative estimate of drug-likeness (QED) is 0.308. The number of nitrogens with zero attached hydrogens (tertiary/aromatic N) is 3. The van der Waals surface area contributed by atoms with Crippen LogP contribution < -0.4 is 10.0 Å². The number of hydrogen-bond donors (Lipinski definition) is 4. The maximum atomic E-state index is 13.5. The fourth-order valence-corrected chi connectivity index (χ4v) is 5.71. The normalized spacial score (nSPS) is 17.3. The SMILES string of the molecule is O=C(O)C1CCCCN1C(=O)[C@H](CCCNc1ncc[nH]1)NS(=O)(=O)c1cccc2cccnc12. The summed E-state index contributed by atoms with van der Waals surface area (Å²) in [7, 11) is -4.13. The molecule has 0 radical (unpaired) electrons. The van der Waals surface area contributed by atoms with Crippen LogP contribution in [0.15, 0.2) is 53.8 Å². The van der Waals surface area contributed by atoms with Gasteiger partial charge >= 0.3 is 5.97 Å². The Labute approximate surface area is 203 Å². The minimum absolute atomic E-state index is 0.0319. The second kappa shape index (κ2) is 10.8. The van der Waals surface area contributed by atoms with Crippen molar-refractivity contribution in [3.8, 4) is 0 Å². The number of carboxylic acids is 1. The molecule has 1 fully saturated rings. The van der Waals surface area contributed by atoms with E-state index in [2.05, 4.69) is 25.0 Å². The molecule has 186 valence electrons. The van der Waals surface area contributed by atoms with Gasteiger partial charge < -0.3 is 20.3 Å². The molecule has 0 saturated carbocycles. The number of amides is 1. The standard InChI is InChI=1S/C23H28N6O5S/c30-21(29-15-2-1-9-18(29)22(31)32)17(8-5-12-25-23-26-13-14-27-23)28-35(33,34)19-10-3-6-16-7-4-11-24-20(16)19/h3-4,6-7,10-11,13-14,17-18,28H,1-2,5,8-9,12,15H2,(H,31,32)(H2,25,26,27)/t17-,18?/m0/s1. The average molecular weight is 501 g/mol. The number of rotatable bonds is 10. The van der Waals surface area contributed by atoms with Gasteiger partial charge in [0.05, 0.1) is 5.52 Å². The second-order valence-corrected chi connectivity index (χ2v) is 10.1. The fraction of sp³-hybridized carbons (Fsp3) is 0.391. The molecule has 35 heavy (non-hydrogen) atoms. The number of hydrogen-bond acceptors (Lipinski definition) is 7. The number of carbonyl (C=O) groups is 2. The van der Waals surface area contributed by atoms with E-state index in [0.29, 0.717) is 49.1 Å². The van der Waals surface area contributed by atoms with Crippen molar-refractivity contribution in [2.75, 3.05) is 18.4 Å². The van der Waals surface area contributed by atoms with Crippen molar-refractivity contribution in [2.45, 2.75) is 49.1 Å². The van der Waals surface area contributed by atoms with Crippen LogP contribution in [-0.4, -0.2) is 70.4 Å². The molecule has 1 unspecified atom stereocenters. The number of H-pyrrole nitrogens is 1. The monoisotopic (exact) mass is 500 g/mol. The summed E-state index contributed by atoms with van der Waals surface area (Å²) in [6.07, 6.45) is 7.11. The molecule has 0 spiro atoms. The predicted octanol–water partition coefficient (Wildman–Crippen LogP) is 1.96. The number of imidazole rings is 1. The van der Waals surface area contributed by atoms with Crippen LogP contribution in [0, 0.1) is 0 Å². The Morgan fingerprint density at radius 1 is 1.17 bits per heavy atom. The zero-order valence-corrected chi connectivity index (χ0v) is 19.9. The van der Waals surface area contributed by atoms with Crippen LogP contribution in [0.3, 0.4) is 0 Å². The topological polar surface area (TPSA) is 157 Å². The highest BCUT2D eigenvalue weighted by molar-refractivity contribution is 7.89. The van der Waals surface area contributed by atoms with Crippen LogP contribution in [0.1, 0.15) is 32.1 Å². The summed E-state index contributed by atoms with van der Waals surface area (Å²) in [6, 6.07) is 6.20. The molecule has 2 atom stereocenters. The van der Waals surface area contributed by atoms with E-state index in [0.717, 1.165) is 0 Å². The maximum absolute atomic E-state index is 13.5. The van der Waals surface area contributed by atoms with E-state index in [1.165, 1.54) is 17.2 Å². The number of aromatic amines is 1. The van der Waals surface area contributed by atoms with E-state index < -0.39 is 34.0 Å². The Morgan fingerprint density at radius 3 is 2.77 bits per heavy atom. The number of aromatic nitrogens is 3. The third kappa shape index (κ3) is 5.77. The molecule has 3 heterocycles. The minimum Gasteiger partial charge on any atom is -0.480 e. The summed E-state index contributed by atoms with van der Waals surface area (Å²) in [5, 5.41) is 13.4. The first kappa shape index (κ1) is 24.6. The summed E-state index contributed by atoms with van der Waals surface area (Å²) < 4.78 is 29.4. The van der Waals surface area contributed by atoms with Crippen molar-refractivity contribution in [3.63, 3.8) is 0 Å². The summed E-state index contributed by atoms with van der Waals surface area (Å²) in [5.74, 6) is -1.05. The first-order chi connectivity index (χ1) is 16.9. The summed E-state index contributed by atoms with van der Waals surface area (Å²) in [6.45, 7) is 0.714. The van der Waals surface area contributed by atoms with E-state index in [-0.39, 0.29) is 17.9 Å². The number of likely N-dealkylation sites (tertiary alicyclic amines) is 1. The molecule has 12 heteroatoms. The van der Waals surface area contributed by atoms with Crippen LogP contribution in [0.2, 0.25) is 0 Å². The number of para-hydroxylation sites is 1. The summed E-state index contributed by atoms with van der Waals surface area (Å²) in [5.41, 5.74) is 0.301. The number of fused-ring (bicyclic) bond motifs is 1. The third-order valence-electron chi connectivity index (χ3n) is 6.01. The van der Waals surface area contributed by atoms with E-state index in [9.17, 15) is 23.1 Å². The van der Waals surface area contributed by atoms with E-state index in [1.54, 1.807) is 36.7 Å². The van der Waals surface area contributed by atoms with Gasteiger partial charge in [-0.05, 0) is 44.2 Å². The molecule has 1 aliphatic heterocycles. The van der Waals surface area contributed by atoms with Crippen LogP contribution in [0.4, 0.5) is 5.95 Å². The molecular weight excluding hydrogens is 472 g/mol. The molecule has 1 aromatic carbocycles. The number of carbonyl (C=O) groups excluding carboxylic acids is 1. The van der Waals surface area contributed by atoms with Crippen molar-refractivity contribution in [3.05, 3.63) is 48.9 Å². The number of piperidine rings is 1. The molecule has 1 saturated heterocycles. The van der Waals surface area contributed by atoms with E-state index in [1.807, 2.05) is 0 Å². The molecular formula is C23H28N6O5S. The molecule has 0 bridgehead atoms. The van der Waals surface area contributed by atoms with Gasteiger partial charge in [-0.1, -0.05) is 18.2 Å². The number of benzene rings is 1. The van der Waals surface area contributed by atoms with Gasteiger partial charge in [-0.3, -0.25) is 9.78 Å². The van der Waals surface area contributed by atoms with Crippen LogP contribution in [0.25, 0.3) is 10.9 Å². The van der Waals surface area contributed by atoms with Crippen molar-refractivity contribution in [1.82, 2.24) is 24.6 Å². The van der Waals surface area contributed by atoms with Crippen LogP contribution in [0.5, 0.6) is 0 Å². The first-order valence-electron chi connectivity index (χ1n) is 11.5. The molecule has 1 aliphatic rings. The largest absolute Gasteiger partial charge is 0.480 e. The highest BCUT2D eigenvalue weighted by atomic mass is 32.2. The van der Waals surface area contributed by atoms with Gasteiger partial charge in [0.15, 0.2) is 5.95 Å². The first-order valence-corrected chi connectivity index (χ1v) is 13.0. The lowest BCUT2D eigenvalue weighted by Crippen LogP contribution is -2.55. The lowest BCUT2D eigenvalue weighted by atomic mass is 10.00. The van der Waals surface area contributed by atoms with Crippen molar-refractivity contribution >= 4 is 38.8 Å². The maximum Gasteiger partial charge on any atom is 0.326 e. The Hall–Kier alpha value is -3.51. The van der Waals surface area contributed by atoms with Crippen molar-refractivity contribution in [2.24, 2.45) is 0 Å². The summed E-state index contributed by atoms with van der Waals surface area (Å²) >= 11 is 0. The molecule has 11 nitrogen and oxygen atoms in total. The highest BCUT2D eigenvalue weighted by Gasteiger charge is 2.37. The number of aliphatic carboxylic acids is 1. The number of sulfonamides is 1. The van der Waals surface area contributed by atoms with Crippen LogP contribution >= 0.6 is 0 Å². The Balaban J connectivity index is 1.57. The fourth-order valence-electron chi connectivity index (χ4n) is 4.30. The van der Waals surface area contributed by atoms with Gasteiger partial charge in [0.25, 0.3) is 0 Å². The molecule has 0 aliphatic carbocycles. The molecule has 3 aromatic rings. The van der Waals surface area contributed by atoms with E-state index >= 15 is 0 Å². The zero-order chi connectivity index (χ0) is 24.8. The molecule has 4 N–H and O–H groups in total. The van der Waals surface area contributed by atoms with Gasteiger partial charge in [0, 0.05) is 37.1 Å². The Morgan fingerprint density at radius 2 is 2.00 bits per heavy atom. The van der Waals surface area contributed by atoms with E-state index in [4.69, 9.17) is 0 Å². The van der Waals surface area contributed by atoms with Crippen LogP contribution in [-0.2, 0) is 19.6 Å². The van der Waals surface area contributed by atoms with Gasteiger partial charge in [-0.2, -0.15) is 4.72 Å². The molecule has 1 amide bonds. The van der Waals surface area contributed by atoms with Gasteiger partial charge in [-0.15, -0.1) is 0 Å². The number of carboxylic acid groups (broad SMARTS) is 1. The number of pyridine rings is 1. The summed E-state index contributed by atoms with van der Waals surface area (Å²) in [4.78, 5) is 37.7. The highest BCUT2D eigenvalue weighted by Crippen LogP contribution is 2.23. The smallest absolute Gasteiger partial charge is 0.326 e. The van der Waals surface area contributed by atoms with Crippen molar-refractivity contribution in [1.29, 1.82) is 0 Å². The minimum atomic E-state index is -4.13. The lowest BCUT2D eigenvalue weighted by Gasteiger charge is -2.35. The van der Waals surface area contributed by atoms with Gasteiger partial charge in [-0.25, -0.2) is 18.2 Å². The number of nitrogens with one attached hydrogen (secondary N) is 3. The average Bonchev–Trinajstić information content (AvgIpc) is 3.38. The Bertz CT molecular complexity index is 1280. The molecule has 2 aromatic heterocycles. The zero-order valence-electron chi connectivity index (χ0n) is 19.1. The number of anilines is 1.